The fourth-order valence-corrected chi connectivity index (χ4v) is 1.72. The molecule has 2 heterocycles. The first-order valence-electron chi connectivity index (χ1n) is 4.86. The number of ether oxygens (including phenoxy) is 1. The van der Waals surface area contributed by atoms with Gasteiger partial charge in [-0.05, 0) is 12.8 Å². The highest BCUT2D eigenvalue weighted by molar-refractivity contribution is 6.17. The van der Waals surface area contributed by atoms with Crippen LogP contribution in [0.1, 0.15) is 30.5 Å². The van der Waals surface area contributed by atoms with E-state index in [0.717, 1.165) is 31.9 Å². The Kier molecular flexibility index (Phi) is 3.37. The first-order chi connectivity index (χ1) is 6.90. The molecule has 14 heavy (non-hydrogen) atoms. The molecule has 0 bridgehead atoms. The predicted octanol–water partition coefficient (Wildman–Crippen LogP) is 1.74. The minimum atomic E-state index is 0.375. The van der Waals surface area contributed by atoms with Crippen molar-refractivity contribution in [2.45, 2.75) is 25.2 Å². The summed E-state index contributed by atoms with van der Waals surface area (Å²) >= 11 is 5.58. The van der Waals surface area contributed by atoms with Gasteiger partial charge in [0.1, 0.15) is 0 Å². The second kappa shape index (κ2) is 4.75. The summed E-state index contributed by atoms with van der Waals surface area (Å²) in [5.74, 6) is 2.28. The van der Waals surface area contributed by atoms with Gasteiger partial charge in [0.25, 0.3) is 0 Å². The molecule has 0 amide bonds. The lowest BCUT2D eigenvalue weighted by Gasteiger charge is -2.18. The van der Waals surface area contributed by atoms with Crippen LogP contribution in [-0.2, 0) is 11.2 Å². The zero-order valence-corrected chi connectivity index (χ0v) is 8.66. The number of hydrogen-bond acceptors (Lipinski definition) is 4. The molecule has 1 aromatic rings. The van der Waals surface area contributed by atoms with Crippen molar-refractivity contribution in [2.24, 2.45) is 0 Å². The second-order valence-electron chi connectivity index (χ2n) is 3.36. The SMILES string of the molecule is ClCCc1nnc(C2CCOCC2)o1. The largest absolute Gasteiger partial charge is 0.425 e. The molecule has 0 atom stereocenters. The Labute approximate surface area is 87.6 Å². The summed E-state index contributed by atoms with van der Waals surface area (Å²) in [5, 5.41) is 7.97. The van der Waals surface area contributed by atoms with Crippen LogP contribution < -0.4 is 0 Å². The zero-order chi connectivity index (χ0) is 9.80. The van der Waals surface area contributed by atoms with E-state index in [1.54, 1.807) is 0 Å². The second-order valence-corrected chi connectivity index (χ2v) is 3.74. The Morgan fingerprint density at radius 3 is 2.79 bits per heavy atom. The number of aromatic nitrogens is 2. The summed E-state index contributed by atoms with van der Waals surface area (Å²) in [6.45, 7) is 1.58. The summed E-state index contributed by atoms with van der Waals surface area (Å²) in [6.07, 6.45) is 2.60. The van der Waals surface area contributed by atoms with Gasteiger partial charge in [0.15, 0.2) is 0 Å². The van der Waals surface area contributed by atoms with Crippen LogP contribution in [0.4, 0.5) is 0 Å². The van der Waals surface area contributed by atoms with E-state index in [1.165, 1.54) is 0 Å². The molecule has 1 aliphatic heterocycles. The van der Waals surface area contributed by atoms with Crippen LogP contribution in [-0.4, -0.2) is 29.3 Å². The van der Waals surface area contributed by atoms with Crippen molar-refractivity contribution in [2.75, 3.05) is 19.1 Å². The first-order valence-corrected chi connectivity index (χ1v) is 5.39. The van der Waals surface area contributed by atoms with Crippen LogP contribution in [0.3, 0.4) is 0 Å². The van der Waals surface area contributed by atoms with Gasteiger partial charge in [0.05, 0.1) is 0 Å². The molecule has 0 aliphatic carbocycles. The van der Waals surface area contributed by atoms with Crippen molar-refractivity contribution in [3.63, 3.8) is 0 Å². The lowest BCUT2D eigenvalue weighted by Crippen LogP contribution is -2.14. The fourth-order valence-electron chi connectivity index (χ4n) is 1.56. The van der Waals surface area contributed by atoms with Crippen molar-refractivity contribution in [1.82, 2.24) is 10.2 Å². The van der Waals surface area contributed by atoms with Gasteiger partial charge in [-0.1, -0.05) is 0 Å². The van der Waals surface area contributed by atoms with Gasteiger partial charge >= 0.3 is 0 Å². The molecule has 1 saturated heterocycles. The summed E-state index contributed by atoms with van der Waals surface area (Å²) < 4.78 is 10.8. The molecular weight excluding hydrogens is 204 g/mol. The highest BCUT2D eigenvalue weighted by Gasteiger charge is 2.21. The molecule has 0 spiro atoms. The molecule has 2 rings (SSSR count). The Morgan fingerprint density at radius 2 is 2.07 bits per heavy atom. The van der Waals surface area contributed by atoms with Crippen molar-refractivity contribution >= 4 is 11.6 Å². The van der Waals surface area contributed by atoms with Gasteiger partial charge in [0, 0.05) is 31.4 Å². The summed E-state index contributed by atoms with van der Waals surface area (Å²) in [4.78, 5) is 0. The van der Waals surface area contributed by atoms with Gasteiger partial charge in [-0.15, -0.1) is 21.8 Å². The standard InChI is InChI=1S/C9H13ClN2O2/c10-4-1-8-11-12-9(14-8)7-2-5-13-6-3-7/h7H,1-6H2. The molecule has 1 fully saturated rings. The van der Waals surface area contributed by atoms with Crippen molar-refractivity contribution in [1.29, 1.82) is 0 Å². The Balaban J connectivity index is 2.00. The molecule has 0 aromatic carbocycles. The molecule has 78 valence electrons. The number of alkyl halides is 1. The number of hydrogen-bond donors (Lipinski definition) is 0. The Morgan fingerprint density at radius 1 is 1.29 bits per heavy atom. The van der Waals surface area contributed by atoms with Gasteiger partial charge in [-0.3, -0.25) is 0 Å². The van der Waals surface area contributed by atoms with Gasteiger partial charge < -0.3 is 9.15 Å². The third kappa shape index (κ3) is 2.25. The molecular formula is C9H13ClN2O2. The number of rotatable bonds is 3. The number of halogens is 1. The van der Waals surface area contributed by atoms with Crippen LogP contribution in [0.25, 0.3) is 0 Å². The minimum Gasteiger partial charge on any atom is -0.425 e. The third-order valence-electron chi connectivity index (χ3n) is 2.36. The van der Waals surface area contributed by atoms with E-state index in [1.807, 2.05) is 0 Å². The van der Waals surface area contributed by atoms with E-state index >= 15 is 0 Å². The maximum Gasteiger partial charge on any atom is 0.219 e. The van der Waals surface area contributed by atoms with Gasteiger partial charge in [-0.25, -0.2) is 0 Å². The molecule has 0 N–H and O–H groups in total. The smallest absolute Gasteiger partial charge is 0.219 e. The van der Waals surface area contributed by atoms with Crippen LogP contribution in [0.15, 0.2) is 4.42 Å². The summed E-state index contributed by atoms with van der Waals surface area (Å²) in [6, 6.07) is 0. The number of nitrogens with zero attached hydrogens (tertiary/aromatic N) is 2. The normalized spacial score (nSPS) is 18.6. The molecule has 0 radical (unpaired) electrons. The van der Waals surface area contributed by atoms with E-state index < -0.39 is 0 Å². The lowest BCUT2D eigenvalue weighted by molar-refractivity contribution is 0.0791. The Bertz CT molecular complexity index is 284. The fraction of sp³-hybridized carbons (Fsp3) is 0.778. The van der Waals surface area contributed by atoms with Crippen LogP contribution >= 0.6 is 11.6 Å². The molecule has 1 aromatic heterocycles. The van der Waals surface area contributed by atoms with Crippen LogP contribution in [0, 0.1) is 0 Å². The van der Waals surface area contributed by atoms with Crippen LogP contribution in [0.5, 0.6) is 0 Å². The van der Waals surface area contributed by atoms with E-state index in [9.17, 15) is 0 Å². The minimum absolute atomic E-state index is 0.375. The maximum atomic E-state index is 5.58. The average Bonchev–Trinajstić information content (AvgIpc) is 2.68. The Hall–Kier alpha value is -0.610. The summed E-state index contributed by atoms with van der Waals surface area (Å²) in [7, 11) is 0. The van der Waals surface area contributed by atoms with E-state index in [4.69, 9.17) is 20.8 Å². The molecule has 4 nitrogen and oxygen atoms in total. The number of aryl methyl sites for hydroxylation is 1. The molecule has 1 aliphatic rings. The van der Waals surface area contributed by atoms with E-state index in [-0.39, 0.29) is 0 Å². The molecule has 5 heteroatoms. The monoisotopic (exact) mass is 216 g/mol. The van der Waals surface area contributed by atoms with Gasteiger partial charge in [0.2, 0.25) is 11.8 Å². The van der Waals surface area contributed by atoms with Crippen LogP contribution in [0.2, 0.25) is 0 Å². The van der Waals surface area contributed by atoms with Gasteiger partial charge in [-0.2, -0.15) is 0 Å². The first kappa shape index (κ1) is 9.93. The highest BCUT2D eigenvalue weighted by atomic mass is 35.5. The highest BCUT2D eigenvalue weighted by Crippen LogP contribution is 2.25. The van der Waals surface area contributed by atoms with Crippen molar-refractivity contribution < 1.29 is 9.15 Å². The maximum absolute atomic E-state index is 5.58. The van der Waals surface area contributed by atoms with Crippen molar-refractivity contribution in [3.05, 3.63) is 11.8 Å². The lowest BCUT2D eigenvalue weighted by atomic mass is 10.0. The third-order valence-corrected chi connectivity index (χ3v) is 2.55. The molecule has 0 unspecified atom stereocenters. The topological polar surface area (TPSA) is 48.2 Å². The molecule has 0 saturated carbocycles. The average molecular weight is 217 g/mol. The van der Waals surface area contributed by atoms with Crippen molar-refractivity contribution in [3.8, 4) is 0 Å². The predicted molar refractivity (Wildman–Crippen MR) is 51.5 cm³/mol. The van der Waals surface area contributed by atoms with E-state index in [0.29, 0.717) is 24.1 Å². The summed E-state index contributed by atoms with van der Waals surface area (Å²) in [5.41, 5.74) is 0. The quantitative estimate of drug-likeness (QED) is 0.723. The van der Waals surface area contributed by atoms with E-state index in [2.05, 4.69) is 10.2 Å². The zero-order valence-electron chi connectivity index (χ0n) is 7.91.